The van der Waals surface area contributed by atoms with E-state index in [-0.39, 0.29) is 0 Å². The van der Waals surface area contributed by atoms with Crippen LogP contribution in [-0.2, 0) is 6.42 Å². The van der Waals surface area contributed by atoms with Gasteiger partial charge in [0.15, 0.2) is 0 Å². The van der Waals surface area contributed by atoms with Gasteiger partial charge in [-0.25, -0.2) is 0 Å². The molecule has 26 heavy (non-hydrogen) atoms. The smallest absolute Gasteiger partial charge is 0.00528 e. The van der Waals surface area contributed by atoms with Crippen LogP contribution in [0.3, 0.4) is 0 Å². The number of rotatable bonds is 2. The van der Waals surface area contributed by atoms with Gasteiger partial charge in [-0.1, -0.05) is 91.9 Å². The van der Waals surface area contributed by atoms with E-state index in [0.717, 1.165) is 5.92 Å². The Morgan fingerprint density at radius 3 is 2.12 bits per heavy atom. The van der Waals surface area contributed by atoms with Crippen LogP contribution in [0.1, 0.15) is 36.0 Å². The number of allylic oxidation sites excluding steroid dienone is 2. The van der Waals surface area contributed by atoms with Gasteiger partial charge in [0.2, 0.25) is 0 Å². The van der Waals surface area contributed by atoms with Crippen molar-refractivity contribution in [2.45, 2.75) is 25.7 Å². The van der Waals surface area contributed by atoms with Crippen LogP contribution >= 0.6 is 0 Å². The number of fused-ring (bicyclic) bond motifs is 3. The van der Waals surface area contributed by atoms with Crippen molar-refractivity contribution in [2.75, 3.05) is 0 Å². The van der Waals surface area contributed by atoms with Crippen molar-refractivity contribution < 1.29 is 0 Å². The van der Waals surface area contributed by atoms with Gasteiger partial charge in [-0.05, 0) is 64.0 Å². The van der Waals surface area contributed by atoms with Crippen LogP contribution in [-0.4, -0.2) is 0 Å². The first-order valence-corrected chi connectivity index (χ1v) is 9.74. The van der Waals surface area contributed by atoms with Gasteiger partial charge < -0.3 is 0 Å². The number of benzene rings is 3. The third-order valence-corrected chi connectivity index (χ3v) is 6.31. The minimum Gasteiger partial charge on any atom is -0.0767 e. The van der Waals surface area contributed by atoms with Crippen molar-refractivity contribution >= 4 is 5.57 Å². The van der Waals surface area contributed by atoms with Crippen molar-refractivity contribution in [2.24, 2.45) is 11.8 Å². The molecule has 3 aromatic carbocycles. The summed E-state index contributed by atoms with van der Waals surface area (Å²) in [6.45, 7) is 2.42. The Balaban J connectivity index is 1.45. The summed E-state index contributed by atoms with van der Waals surface area (Å²) in [5.41, 5.74) is 8.66. The molecule has 0 fully saturated rings. The molecule has 0 N–H and O–H groups in total. The van der Waals surface area contributed by atoms with E-state index in [1.807, 2.05) is 0 Å². The van der Waals surface area contributed by atoms with Gasteiger partial charge in [-0.2, -0.15) is 0 Å². The normalized spacial score (nSPS) is 23.9. The van der Waals surface area contributed by atoms with E-state index in [1.54, 1.807) is 11.1 Å². The van der Waals surface area contributed by atoms with Crippen LogP contribution in [0.4, 0.5) is 0 Å². The van der Waals surface area contributed by atoms with E-state index < -0.39 is 0 Å². The molecule has 2 aliphatic rings. The second-order valence-electron chi connectivity index (χ2n) is 7.90. The Bertz CT molecular complexity index is 947. The highest BCUT2D eigenvalue weighted by Gasteiger charge is 2.37. The molecule has 0 heteroatoms. The first-order chi connectivity index (χ1) is 12.8. The van der Waals surface area contributed by atoms with Crippen molar-refractivity contribution in [3.63, 3.8) is 0 Å². The Hall–Kier alpha value is -2.60. The van der Waals surface area contributed by atoms with Crippen LogP contribution in [0.2, 0.25) is 0 Å². The van der Waals surface area contributed by atoms with Crippen LogP contribution in [0.15, 0.2) is 84.9 Å². The van der Waals surface area contributed by atoms with Crippen molar-refractivity contribution in [1.29, 1.82) is 0 Å². The van der Waals surface area contributed by atoms with Crippen LogP contribution in [0, 0.1) is 11.8 Å². The summed E-state index contributed by atoms with van der Waals surface area (Å²) in [6, 6.07) is 28.9. The molecule has 0 saturated heterocycles. The zero-order valence-electron chi connectivity index (χ0n) is 15.2. The van der Waals surface area contributed by atoms with Gasteiger partial charge in [-0.15, -0.1) is 0 Å². The molecule has 128 valence electrons. The number of hydrogen-bond donors (Lipinski definition) is 0. The second-order valence-corrected chi connectivity index (χ2v) is 7.90. The molecule has 2 aliphatic carbocycles. The van der Waals surface area contributed by atoms with Crippen LogP contribution < -0.4 is 0 Å². The Labute approximate surface area is 156 Å². The zero-order valence-corrected chi connectivity index (χ0v) is 15.2. The molecular weight excluding hydrogens is 312 g/mol. The maximum Gasteiger partial charge on any atom is -0.00528 e. The van der Waals surface area contributed by atoms with Crippen molar-refractivity contribution in [3.05, 3.63) is 102 Å². The summed E-state index contributed by atoms with van der Waals surface area (Å²) in [6.07, 6.45) is 4.97. The van der Waals surface area contributed by atoms with Crippen molar-refractivity contribution in [3.8, 4) is 11.1 Å². The fraction of sp³-hybridized carbons (Fsp3) is 0.231. The van der Waals surface area contributed by atoms with Gasteiger partial charge >= 0.3 is 0 Å². The van der Waals surface area contributed by atoms with E-state index in [4.69, 9.17) is 0 Å². The zero-order chi connectivity index (χ0) is 17.5. The Kier molecular flexibility index (Phi) is 3.78. The van der Waals surface area contributed by atoms with Gasteiger partial charge in [0, 0.05) is 0 Å². The molecule has 0 nitrogen and oxygen atoms in total. The summed E-state index contributed by atoms with van der Waals surface area (Å²) < 4.78 is 0. The fourth-order valence-corrected chi connectivity index (χ4v) is 4.95. The summed E-state index contributed by atoms with van der Waals surface area (Å²) in [5.74, 6) is 2.09. The summed E-state index contributed by atoms with van der Waals surface area (Å²) in [7, 11) is 0. The SMILES string of the molecule is CC1Cc2ccccc2C2CC(c3ccc(-c4ccccc4)cc3)=CC12. The molecule has 0 aromatic heterocycles. The highest BCUT2D eigenvalue weighted by Crippen LogP contribution is 2.50. The van der Waals surface area contributed by atoms with E-state index in [2.05, 4.69) is 91.9 Å². The first kappa shape index (κ1) is 15.6. The minimum atomic E-state index is 0.666. The van der Waals surface area contributed by atoms with Crippen LogP contribution in [0.5, 0.6) is 0 Å². The second kappa shape index (κ2) is 6.29. The van der Waals surface area contributed by atoms with Gasteiger partial charge in [0.05, 0.1) is 0 Å². The quantitative estimate of drug-likeness (QED) is 0.486. The average molecular weight is 336 g/mol. The van der Waals surface area contributed by atoms with Gasteiger partial charge in [0.25, 0.3) is 0 Å². The lowest BCUT2D eigenvalue weighted by molar-refractivity contribution is 0.353. The predicted molar refractivity (Wildman–Crippen MR) is 110 cm³/mol. The summed E-state index contributed by atoms with van der Waals surface area (Å²) in [5, 5.41) is 0. The molecule has 0 heterocycles. The summed E-state index contributed by atoms with van der Waals surface area (Å²) in [4.78, 5) is 0. The Morgan fingerprint density at radius 1 is 0.654 bits per heavy atom. The molecule has 0 aliphatic heterocycles. The molecule has 0 bridgehead atoms. The maximum absolute atomic E-state index is 2.57. The van der Waals surface area contributed by atoms with E-state index >= 15 is 0 Å². The molecule has 0 radical (unpaired) electrons. The highest BCUT2D eigenvalue weighted by molar-refractivity contribution is 5.73. The van der Waals surface area contributed by atoms with Gasteiger partial charge in [0.1, 0.15) is 0 Å². The number of hydrogen-bond acceptors (Lipinski definition) is 0. The van der Waals surface area contributed by atoms with Gasteiger partial charge in [-0.3, -0.25) is 0 Å². The average Bonchev–Trinajstić information content (AvgIpc) is 3.15. The van der Waals surface area contributed by atoms with Crippen molar-refractivity contribution in [1.82, 2.24) is 0 Å². The third kappa shape index (κ3) is 2.61. The van der Waals surface area contributed by atoms with E-state index in [9.17, 15) is 0 Å². The molecular formula is C26H24. The lowest BCUT2D eigenvalue weighted by Crippen LogP contribution is -2.23. The maximum atomic E-state index is 2.57. The first-order valence-electron chi connectivity index (χ1n) is 9.74. The molecule has 5 rings (SSSR count). The Morgan fingerprint density at radius 2 is 1.31 bits per heavy atom. The monoisotopic (exact) mass is 336 g/mol. The standard InChI is InChI=1S/C26H24/c1-18-15-22-9-5-6-10-24(22)26-17-23(16-25(18)26)21-13-11-20(12-14-21)19-7-3-2-4-8-19/h2-14,16,18,25-26H,15,17H2,1H3. The predicted octanol–water partition coefficient (Wildman–Crippen LogP) is 6.73. The lowest BCUT2D eigenvalue weighted by atomic mass is 9.71. The summed E-state index contributed by atoms with van der Waals surface area (Å²) >= 11 is 0. The molecule has 0 spiro atoms. The van der Waals surface area contributed by atoms with E-state index in [1.165, 1.54) is 35.1 Å². The topological polar surface area (TPSA) is 0 Å². The molecule has 0 saturated carbocycles. The molecule has 3 aromatic rings. The minimum absolute atomic E-state index is 0.666. The fourth-order valence-electron chi connectivity index (χ4n) is 4.95. The van der Waals surface area contributed by atoms with E-state index in [0.29, 0.717) is 11.8 Å². The highest BCUT2D eigenvalue weighted by atomic mass is 14.4. The lowest BCUT2D eigenvalue weighted by Gasteiger charge is -2.33. The molecule has 0 amide bonds. The third-order valence-electron chi connectivity index (χ3n) is 6.31. The molecule has 3 atom stereocenters. The van der Waals surface area contributed by atoms with Crippen LogP contribution in [0.25, 0.3) is 16.7 Å². The molecule has 3 unspecified atom stereocenters. The largest absolute Gasteiger partial charge is 0.0767 e.